The van der Waals surface area contributed by atoms with Gasteiger partial charge >= 0.3 is 0 Å². The molecule has 0 saturated carbocycles. The lowest BCUT2D eigenvalue weighted by Gasteiger charge is -2.22. The zero-order valence-electron chi connectivity index (χ0n) is 18.1. The Morgan fingerprint density at radius 1 is 0.938 bits per heavy atom. The molecule has 0 spiro atoms. The Morgan fingerprint density at radius 2 is 1.66 bits per heavy atom. The van der Waals surface area contributed by atoms with Crippen LogP contribution in [0.15, 0.2) is 72.8 Å². The molecule has 1 atom stereocenters. The molecule has 0 fully saturated rings. The molecule has 4 rings (SSSR count). The summed E-state index contributed by atoms with van der Waals surface area (Å²) in [7, 11) is 0. The molecule has 0 aliphatic heterocycles. The molecule has 2 aromatic carbocycles. The van der Waals surface area contributed by atoms with Crippen LogP contribution in [0.5, 0.6) is 0 Å². The summed E-state index contributed by atoms with van der Waals surface area (Å²) in [6.07, 6.45) is 0. The normalized spacial score (nSPS) is 11.8. The number of anilines is 2. The van der Waals surface area contributed by atoms with Crippen molar-refractivity contribution in [1.82, 2.24) is 4.98 Å². The van der Waals surface area contributed by atoms with Crippen molar-refractivity contribution < 1.29 is 9.18 Å². The number of hydrogen-bond donors (Lipinski definition) is 2. The Balaban J connectivity index is 1.78. The first-order valence-corrected chi connectivity index (χ1v) is 11.2. The Hall–Kier alpha value is -3.51. The van der Waals surface area contributed by atoms with Gasteiger partial charge in [0.25, 0.3) is 5.91 Å². The summed E-state index contributed by atoms with van der Waals surface area (Å²) in [6, 6.07) is 21.0. The molecule has 0 aliphatic carbocycles. The van der Waals surface area contributed by atoms with Crippen LogP contribution in [0, 0.1) is 26.6 Å². The lowest BCUT2D eigenvalue weighted by Crippen LogP contribution is -2.18. The fourth-order valence-electron chi connectivity index (χ4n) is 3.60. The molecule has 2 aromatic heterocycles. The van der Waals surface area contributed by atoms with Gasteiger partial charge in [0.05, 0.1) is 6.04 Å². The highest BCUT2D eigenvalue weighted by molar-refractivity contribution is 7.16. The highest BCUT2D eigenvalue weighted by Gasteiger charge is 2.25. The van der Waals surface area contributed by atoms with Gasteiger partial charge in [0.2, 0.25) is 0 Å². The SMILES string of the molecule is Cc1cccc(NC(c2ccc(F)cc2)c2c(NC(=O)c3ccccc3)sc(C)c2C)n1. The summed E-state index contributed by atoms with van der Waals surface area (Å²) in [5, 5.41) is 7.36. The number of pyridine rings is 1. The van der Waals surface area contributed by atoms with Gasteiger partial charge in [0.15, 0.2) is 0 Å². The Morgan fingerprint density at radius 3 is 2.34 bits per heavy atom. The van der Waals surface area contributed by atoms with E-state index < -0.39 is 0 Å². The minimum Gasteiger partial charge on any atom is -0.359 e. The predicted octanol–water partition coefficient (Wildman–Crippen LogP) is 6.66. The highest BCUT2D eigenvalue weighted by atomic mass is 32.1. The van der Waals surface area contributed by atoms with Crippen LogP contribution in [0.3, 0.4) is 0 Å². The monoisotopic (exact) mass is 445 g/mol. The predicted molar refractivity (Wildman–Crippen MR) is 129 cm³/mol. The second kappa shape index (κ2) is 9.32. The molecule has 32 heavy (non-hydrogen) atoms. The van der Waals surface area contributed by atoms with E-state index in [1.807, 2.05) is 57.2 Å². The number of aromatic nitrogens is 1. The summed E-state index contributed by atoms with van der Waals surface area (Å²) in [4.78, 5) is 18.6. The topological polar surface area (TPSA) is 54.0 Å². The van der Waals surface area contributed by atoms with Crippen molar-refractivity contribution in [2.75, 3.05) is 10.6 Å². The number of rotatable bonds is 6. The molecule has 0 saturated heterocycles. The second-order valence-electron chi connectivity index (χ2n) is 7.64. The van der Waals surface area contributed by atoms with E-state index in [1.54, 1.807) is 24.3 Å². The molecule has 6 heteroatoms. The Bertz CT molecular complexity index is 1240. The third kappa shape index (κ3) is 4.70. The fourth-order valence-corrected chi connectivity index (χ4v) is 4.69. The number of carbonyl (C=O) groups excluding carboxylic acids is 1. The minimum absolute atomic E-state index is 0.167. The summed E-state index contributed by atoms with van der Waals surface area (Å²) < 4.78 is 13.7. The zero-order chi connectivity index (χ0) is 22.7. The van der Waals surface area contributed by atoms with Gasteiger partial charge < -0.3 is 10.6 Å². The van der Waals surface area contributed by atoms with E-state index in [0.717, 1.165) is 32.3 Å². The number of carbonyl (C=O) groups is 1. The van der Waals surface area contributed by atoms with Crippen LogP contribution < -0.4 is 10.6 Å². The number of thiophene rings is 1. The van der Waals surface area contributed by atoms with Crippen LogP contribution in [-0.4, -0.2) is 10.9 Å². The summed E-state index contributed by atoms with van der Waals surface area (Å²) in [6.45, 7) is 6.01. The number of aryl methyl sites for hydroxylation is 2. The Labute approximate surface area is 191 Å². The maximum absolute atomic E-state index is 13.7. The first kappa shape index (κ1) is 21.7. The maximum Gasteiger partial charge on any atom is 0.256 e. The van der Waals surface area contributed by atoms with Crippen molar-refractivity contribution in [1.29, 1.82) is 0 Å². The van der Waals surface area contributed by atoms with Gasteiger partial charge in [-0.15, -0.1) is 11.3 Å². The average molecular weight is 446 g/mol. The van der Waals surface area contributed by atoms with Crippen molar-refractivity contribution in [2.24, 2.45) is 0 Å². The van der Waals surface area contributed by atoms with Gasteiger partial charge in [0, 0.05) is 21.7 Å². The molecule has 4 nitrogen and oxygen atoms in total. The van der Waals surface area contributed by atoms with Gasteiger partial charge in [-0.3, -0.25) is 4.79 Å². The van der Waals surface area contributed by atoms with Crippen molar-refractivity contribution in [3.8, 4) is 0 Å². The molecule has 1 amide bonds. The zero-order valence-corrected chi connectivity index (χ0v) is 19.0. The average Bonchev–Trinajstić information content (AvgIpc) is 3.06. The van der Waals surface area contributed by atoms with E-state index >= 15 is 0 Å². The lowest BCUT2D eigenvalue weighted by atomic mass is 9.96. The van der Waals surface area contributed by atoms with Gasteiger partial charge in [-0.1, -0.05) is 36.4 Å². The van der Waals surface area contributed by atoms with E-state index in [9.17, 15) is 9.18 Å². The van der Waals surface area contributed by atoms with Gasteiger partial charge in [-0.05, 0) is 68.3 Å². The van der Waals surface area contributed by atoms with E-state index in [0.29, 0.717) is 11.4 Å². The number of hydrogen-bond acceptors (Lipinski definition) is 4. The molecule has 2 heterocycles. The molecule has 0 bridgehead atoms. The Kier molecular flexibility index (Phi) is 6.32. The van der Waals surface area contributed by atoms with Crippen molar-refractivity contribution in [2.45, 2.75) is 26.8 Å². The number of nitrogens with zero attached hydrogens (tertiary/aromatic N) is 1. The van der Waals surface area contributed by atoms with Crippen LogP contribution in [0.25, 0.3) is 0 Å². The van der Waals surface area contributed by atoms with Crippen LogP contribution in [0.4, 0.5) is 15.2 Å². The quantitative estimate of drug-likeness (QED) is 0.349. The van der Waals surface area contributed by atoms with E-state index in [-0.39, 0.29) is 17.8 Å². The number of amides is 1. The number of halogens is 1. The van der Waals surface area contributed by atoms with Crippen LogP contribution >= 0.6 is 11.3 Å². The molecular weight excluding hydrogens is 421 g/mol. The molecule has 162 valence electrons. The van der Waals surface area contributed by atoms with Gasteiger partial charge in [-0.25, -0.2) is 9.37 Å². The smallest absolute Gasteiger partial charge is 0.256 e. The van der Waals surface area contributed by atoms with E-state index in [2.05, 4.69) is 15.6 Å². The molecule has 0 radical (unpaired) electrons. The fraction of sp³-hybridized carbons (Fsp3) is 0.154. The van der Waals surface area contributed by atoms with Crippen LogP contribution in [0.2, 0.25) is 0 Å². The first-order valence-electron chi connectivity index (χ1n) is 10.3. The lowest BCUT2D eigenvalue weighted by molar-refractivity contribution is 0.102. The van der Waals surface area contributed by atoms with Crippen molar-refractivity contribution in [3.63, 3.8) is 0 Å². The largest absolute Gasteiger partial charge is 0.359 e. The van der Waals surface area contributed by atoms with Gasteiger partial charge in [-0.2, -0.15) is 0 Å². The first-order chi connectivity index (χ1) is 15.4. The van der Waals surface area contributed by atoms with Crippen LogP contribution in [0.1, 0.15) is 43.7 Å². The third-order valence-corrected chi connectivity index (χ3v) is 6.51. The molecule has 0 aliphatic rings. The maximum atomic E-state index is 13.7. The summed E-state index contributed by atoms with van der Waals surface area (Å²) in [5.41, 5.74) is 4.39. The van der Waals surface area contributed by atoms with E-state index in [4.69, 9.17) is 0 Å². The highest BCUT2D eigenvalue weighted by Crippen LogP contribution is 2.41. The summed E-state index contributed by atoms with van der Waals surface area (Å²) in [5.74, 6) is 0.250. The molecule has 4 aromatic rings. The summed E-state index contributed by atoms with van der Waals surface area (Å²) >= 11 is 1.54. The minimum atomic E-state index is -0.319. The molecular formula is C26H24FN3OS. The van der Waals surface area contributed by atoms with Crippen molar-refractivity contribution in [3.05, 3.63) is 111 Å². The third-order valence-electron chi connectivity index (χ3n) is 5.37. The second-order valence-corrected chi connectivity index (χ2v) is 8.86. The van der Waals surface area contributed by atoms with Crippen LogP contribution in [-0.2, 0) is 0 Å². The number of benzene rings is 2. The number of nitrogens with one attached hydrogen (secondary N) is 2. The van der Waals surface area contributed by atoms with Crippen molar-refractivity contribution >= 4 is 28.1 Å². The standard InChI is InChI=1S/C26H24FN3OS/c1-16-8-7-11-22(28-16)29-24(19-12-14-21(27)15-13-19)23-17(2)18(3)32-26(23)30-25(31)20-9-5-4-6-10-20/h4-15,24H,1-3H3,(H,28,29)(H,30,31). The molecule has 1 unspecified atom stereocenters. The van der Waals surface area contributed by atoms with Gasteiger partial charge in [0.1, 0.15) is 16.6 Å². The van der Waals surface area contributed by atoms with E-state index in [1.165, 1.54) is 23.5 Å². The molecule has 2 N–H and O–H groups in total.